The molecule has 0 radical (unpaired) electrons. The van der Waals surface area contributed by atoms with Crippen LogP contribution in [0.4, 0.5) is 5.69 Å². The molecule has 0 aliphatic heterocycles. The summed E-state index contributed by atoms with van der Waals surface area (Å²) in [6.45, 7) is 0.680. The standard InChI is InChI=1S/C17H16N4/c1-21-17-5-3-2-4-15(17)16(20-21)12-19-14-8-6-13(7-9-14)10-11-18/h2-9,19H,10,12H2,1H3. The van der Waals surface area contributed by atoms with Gasteiger partial charge in [0.15, 0.2) is 0 Å². The predicted molar refractivity (Wildman–Crippen MR) is 83.8 cm³/mol. The van der Waals surface area contributed by atoms with E-state index in [-0.39, 0.29) is 0 Å². The van der Waals surface area contributed by atoms with E-state index < -0.39 is 0 Å². The van der Waals surface area contributed by atoms with Gasteiger partial charge < -0.3 is 5.32 Å². The molecule has 3 aromatic rings. The first-order chi connectivity index (χ1) is 10.3. The van der Waals surface area contributed by atoms with Crippen molar-refractivity contribution in [1.29, 1.82) is 5.26 Å². The highest BCUT2D eigenvalue weighted by atomic mass is 15.3. The molecule has 0 aliphatic rings. The number of benzene rings is 2. The van der Waals surface area contributed by atoms with E-state index in [2.05, 4.69) is 28.6 Å². The highest BCUT2D eigenvalue weighted by Gasteiger charge is 2.07. The maximum atomic E-state index is 8.67. The molecule has 1 aromatic heterocycles. The largest absolute Gasteiger partial charge is 0.379 e. The lowest BCUT2D eigenvalue weighted by Gasteiger charge is -2.05. The first-order valence-electron chi connectivity index (χ1n) is 6.88. The molecule has 1 N–H and O–H groups in total. The minimum Gasteiger partial charge on any atom is -0.379 e. The molecule has 104 valence electrons. The molecule has 0 amide bonds. The fraction of sp³-hybridized carbons (Fsp3) is 0.176. The Morgan fingerprint density at radius 1 is 1.14 bits per heavy atom. The van der Waals surface area contributed by atoms with Crippen molar-refractivity contribution in [2.45, 2.75) is 13.0 Å². The average molecular weight is 276 g/mol. The summed E-state index contributed by atoms with van der Waals surface area (Å²) in [6, 6.07) is 18.3. The van der Waals surface area contributed by atoms with Crippen LogP contribution in [0.2, 0.25) is 0 Å². The van der Waals surface area contributed by atoms with Crippen molar-refractivity contribution >= 4 is 16.6 Å². The first-order valence-corrected chi connectivity index (χ1v) is 6.88. The fourth-order valence-electron chi connectivity index (χ4n) is 2.44. The summed E-state index contributed by atoms with van der Waals surface area (Å²) < 4.78 is 1.91. The Balaban J connectivity index is 1.76. The van der Waals surface area contributed by atoms with Gasteiger partial charge in [-0.15, -0.1) is 0 Å². The van der Waals surface area contributed by atoms with Gasteiger partial charge >= 0.3 is 0 Å². The number of rotatable bonds is 4. The van der Waals surface area contributed by atoms with Gasteiger partial charge in [-0.05, 0) is 23.8 Å². The minimum absolute atomic E-state index is 0.450. The summed E-state index contributed by atoms with van der Waals surface area (Å²) in [5, 5.41) is 17.8. The summed E-state index contributed by atoms with van der Waals surface area (Å²) in [5.74, 6) is 0. The molecule has 0 saturated heterocycles. The van der Waals surface area contributed by atoms with Gasteiger partial charge in [-0.2, -0.15) is 10.4 Å². The van der Waals surface area contributed by atoms with Crippen LogP contribution in [-0.4, -0.2) is 9.78 Å². The summed E-state index contributed by atoms with van der Waals surface area (Å²) in [7, 11) is 1.96. The van der Waals surface area contributed by atoms with E-state index in [9.17, 15) is 0 Å². The van der Waals surface area contributed by atoms with Crippen LogP contribution in [-0.2, 0) is 20.0 Å². The second-order valence-electron chi connectivity index (χ2n) is 4.97. The lowest BCUT2D eigenvalue weighted by atomic mass is 10.1. The van der Waals surface area contributed by atoms with Gasteiger partial charge in [0.1, 0.15) is 0 Å². The Kier molecular flexibility index (Phi) is 3.57. The average Bonchev–Trinajstić information content (AvgIpc) is 2.84. The fourth-order valence-corrected chi connectivity index (χ4v) is 2.44. The Labute approximate surface area is 123 Å². The Morgan fingerprint density at radius 3 is 2.67 bits per heavy atom. The maximum absolute atomic E-state index is 8.67. The lowest BCUT2D eigenvalue weighted by molar-refractivity contribution is 0.771. The van der Waals surface area contributed by atoms with Crippen molar-refractivity contribution < 1.29 is 0 Å². The highest BCUT2D eigenvalue weighted by molar-refractivity contribution is 5.82. The third-order valence-corrected chi connectivity index (χ3v) is 3.53. The molecule has 4 heteroatoms. The smallest absolute Gasteiger partial charge is 0.0894 e. The van der Waals surface area contributed by atoms with Gasteiger partial charge in [0.05, 0.1) is 30.2 Å². The summed E-state index contributed by atoms with van der Waals surface area (Å²) in [4.78, 5) is 0. The number of hydrogen-bond acceptors (Lipinski definition) is 3. The van der Waals surface area contributed by atoms with E-state index in [1.165, 1.54) is 5.39 Å². The number of fused-ring (bicyclic) bond motifs is 1. The number of nitrogens with zero attached hydrogens (tertiary/aromatic N) is 3. The second kappa shape index (κ2) is 5.68. The quantitative estimate of drug-likeness (QED) is 0.795. The van der Waals surface area contributed by atoms with Crippen LogP contribution in [0, 0.1) is 11.3 Å². The van der Waals surface area contributed by atoms with Crippen LogP contribution in [0.3, 0.4) is 0 Å². The SMILES string of the molecule is Cn1nc(CNc2ccc(CC#N)cc2)c2ccccc21. The summed E-state index contributed by atoms with van der Waals surface area (Å²) in [6.07, 6.45) is 0.450. The monoisotopic (exact) mass is 276 g/mol. The van der Waals surface area contributed by atoms with Crippen LogP contribution in [0.1, 0.15) is 11.3 Å². The van der Waals surface area contributed by atoms with Crippen molar-refractivity contribution in [2.75, 3.05) is 5.32 Å². The van der Waals surface area contributed by atoms with Crippen LogP contribution in [0.15, 0.2) is 48.5 Å². The molecule has 0 spiro atoms. The normalized spacial score (nSPS) is 10.5. The molecule has 3 rings (SSSR count). The second-order valence-corrected chi connectivity index (χ2v) is 4.97. The van der Waals surface area contributed by atoms with Gasteiger partial charge in [-0.3, -0.25) is 4.68 Å². The number of aromatic nitrogens is 2. The third kappa shape index (κ3) is 2.72. The molecule has 0 atom stereocenters. The highest BCUT2D eigenvalue weighted by Crippen LogP contribution is 2.19. The Bertz CT molecular complexity index is 794. The van der Waals surface area contributed by atoms with Gasteiger partial charge in [0, 0.05) is 18.1 Å². The van der Waals surface area contributed by atoms with Crippen molar-refractivity contribution in [2.24, 2.45) is 7.05 Å². The predicted octanol–water partition coefficient (Wildman–Crippen LogP) is 3.25. The van der Waals surface area contributed by atoms with Crippen LogP contribution in [0.5, 0.6) is 0 Å². The van der Waals surface area contributed by atoms with E-state index in [0.717, 1.165) is 22.5 Å². The van der Waals surface area contributed by atoms with Crippen LogP contribution >= 0.6 is 0 Å². The zero-order chi connectivity index (χ0) is 14.7. The lowest BCUT2D eigenvalue weighted by Crippen LogP contribution is -2.01. The van der Waals surface area contributed by atoms with Crippen LogP contribution in [0.25, 0.3) is 10.9 Å². The maximum Gasteiger partial charge on any atom is 0.0894 e. The van der Waals surface area contributed by atoms with Gasteiger partial charge in [-0.25, -0.2) is 0 Å². The molecule has 2 aromatic carbocycles. The van der Waals surface area contributed by atoms with E-state index in [4.69, 9.17) is 5.26 Å². The molecule has 0 saturated carbocycles. The number of aryl methyl sites for hydroxylation is 1. The molecule has 0 bridgehead atoms. The molecule has 4 nitrogen and oxygen atoms in total. The molecule has 21 heavy (non-hydrogen) atoms. The number of nitriles is 1. The van der Waals surface area contributed by atoms with Gasteiger partial charge in [0.2, 0.25) is 0 Å². The number of hydrogen-bond donors (Lipinski definition) is 1. The Hall–Kier alpha value is -2.80. The van der Waals surface area contributed by atoms with Crippen molar-refractivity contribution in [3.8, 4) is 6.07 Å². The summed E-state index contributed by atoms with van der Waals surface area (Å²) >= 11 is 0. The van der Waals surface area contributed by atoms with Gasteiger partial charge in [-0.1, -0.05) is 30.3 Å². The Morgan fingerprint density at radius 2 is 1.90 bits per heavy atom. The third-order valence-electron chi connectivity index (χ3n) is 3.53. The molecule has 0 aliphatic carbocycles. The molecule has 0 unspecified atom stereocenters. The summed E-state index contributed by atoms with van der Waals surface area (Å²) in [5.41, 5.74) is 4.24. The first kappa shape index (κ1) is 13.2. The topological polar surface area (TPSA) is 53.6 Å². The minimum atomic E-state index is 0.450. The number of anilines is 1. The van der Waals surface area contributed by atoms with Crippen molar-refractivity contribution in [3.63, 3.8) is 0 Å². The van der Waals surface area contributed by atoms with Crippen molar-refractivity contribution in [3.05, 3.63) is 59.8 Å². The van der Waals surface area contributed by atoms with Crippen LogP contribution < -0.4 is 5.32 Å². The van der Waals surface area contributed by atoms with E-state index in [1.54, 1.807) is 0 Å². The van der Waals surface area contributed by atoms with Gasteiger partial charge in [0.25, 0.3) is 0 Å². The van der Waals surface area contributed by atoms with Crippen molar-refractivity contribution in [1.82, 2.24) is 9.78 Å². The van der Waals surface area contributed by atoms with E-state index >= 15 is 0 Å². The zero-order valence-electron chi connectivity index (χ0n) is 11.9. The number of para-hydroxylation sites is 1. The van der Waals surface area contributed by atoms with E-state index in [0.29, 0.717) is 13.0 Å². The molecular weight excluding hydrogens is 260 g/mol. The molecule has 0 fully saturated rings. The molecular formula is C17H16N4. The van der Waals surface area contributed by atoms with E-state index in [1.807, 2.05) is 48.1 Å². The zero-order valence-corrected chi connectivity index (χ0v) is 11.9. The molecule has 1 heterocycles. The number of nitrogens with one attached hydrogen (secondary N) is 1.